The van der Waals surface area contributed by atoms with Gasteiger partial charge < -0.3 is 5.11 Å². The van der Waals surface area contributed by atoms with Gasteiger partial charge in [-0.2, -0.15) is 0 Å². The van der Waals surface area contributed by atoms with Crippen LogP contribution in [0.5, 0.6) is 0 Å². The number of rotatable bonds is 6. The van der Waals surface area contributed by atoms with E-state index in [2.05, 4.69) is 15.5 Å². The van der Waals surface area contributed by atoms with Crippen LogP contribution in [-0.4, -0.2) is 31.3 Å². The van der Waals surface area contributed by atoms with E-state index in [1.54, 1.807) is 4.68 Å². The number of hydrogen-bond acceptors (Lipinski definition) is 4. The second-order valence-corrected chi connectivity index (χ2v) is 5.61. The lowest BCUT2D eigenvalue weighted by atomic mass is 10.0. The van der Waals surface area contributed by atoms with Gasteiger partial charge in [0.05, 0.1) is 12.5 Å². The van der Waals surface area contributed by atoms with Gasteiger partial charge in [0.15, 0.2) is 5.82 Å². The minimum absolute atomic E-state index is 0.0175. The van der Waals surface area contributed by atoms with Gasteiger partial charge in [-0.1, -0.05) is 43.7 Å². The van der Waals surface area contributed by atoms with Gasteiger partial charge in [0, 0.05) is 6.42 Å². The number of benzene rings is 1. The molecular formula is C15H20N4O2. The van der Waals surface area contributed by atoms with Gasteiger partial charge in [0.1, 0.15) is 0 Å². The Hall–Kier alpha value is -2.24. The molecule has 2 rings (SSSR count). The van der Waals surface area contributed by atoms with Crippen molar-refractivity contribution in [1.29, 1.82) is 0 Å². The van der Waals surface area contributed by atoms with Crippen molar-refractivity contribution in [3.05, 3.63) is 41.2 Å². The van der Waals surface area contributed by atoms with E-state index in [1.165, 1.54) is 5.56 Å². The smallest absolute Gasteiger partial charge is 0.305 e. The number of aryl methyl sites for hydroxylation is 1. The number of hydrogen-bond donors (Lipinski definition) is 1. The van der Waals surface area contributed by atoms with Crippen LogP contribution >= 0.6 is 0 Å². The van der Waals surface area contributed by atoms with Crippen LogP contribution in [0.4, 0.5) is 0 Å². The summed E-state index contributed by atoms with van der Waals surface area (Å²) in [5.41, 5.74) is 2.30. The highest BCUT2D eigenvalue weighted by atomic mass is 16.4. The summed E-state index contributed by atoms with van der Waals surface area (Å²) in [6, 6.07) is 7.92. The van der Waals surface area contributed by atoms with E-state index in [0.29, 0.717) is 12.2 Å². The molecule has 0 radical (unpaired) electrons. The van der Waals surface area contributed by atoms with Gasteiger partial charge in [0.2, 0.25) is 0 Å². The number of nitrogens with zero attached hydrogens (tertiary/aromatic N) is 4. The Morgan fingerprint density at radius 3 is 2.52 bits per heavy atom. The van der Waals surface area contributed by atoms with Crippen molar-refractivity contribution in [1.82, 2.24) is 20.2 Å². The first-order valence-corrected chi connectivity index (χ1v) is 7.01. The fraction of sp³-hybridized carbons (Fsp3) is 0.467. The minimum Gasteiger partial charge on any atom is -0.481 e. The fourth-order valence-corrected chi connectivity index (χ4v) is 2.26. The normalized spacial score (nSPS) is 12.6. The zero-order valence-electron chi connectivity index (χ0n) is 12.5. The third kappa shape index (κ3) is 3.87. The molecule has 0 aliphatic rings. The molecule has 6 heteroatoms. The van der Waals surface area contributed by atoms with Gasteiger partial charge in [-0.05, 0) is 28.8 Å². The predicted octanol–water partition coefficient (Wildman–Crippen LogP) is 2.24. The zero-order chi connectivity index (χ0) is 15.4. The molecule has 0 saturated carbocycles. The summed E-state index contributed by atoms with van der Waals surface area (Å²) in [4.78, 5) is 11.0. The van der Waals surface area contributed by atoms with E-state index < -0.39 is 5.97 Å². The maximum absolute atomic E-state index is 11.0. The molecule has 1 unspecified atom stereocenters. The molecule has 6 nitrogen and oxygen atoms in total. The van der Waals surface area contributed by atoms with Crippen molar-refractivity contribution < 1.29 is 9.90 Å². The summed E-state index contributed by atoms with van der Waals surface area (Å²) < 4.78 is 1.65. The summed E-state index contributed by atoms with van der Waals surface area (Å²) >= 11 is 0. The molecule has 1 heterocycles. The SMILES string of the molecule is Cc1ccc(Cc2nnnn2C(CC(=O)O)C(C)C)cc1. The first-order valence-electron chi connectivity index (χ1n) is 7.01. The molecule has 0 aliphatic carbocycles. The van der Waals surface area contributed by atoms with Gasteiger partial charge in [-0.3, -0.25) is 4.79 Å². The predicted molar refractivity (Wildman–Crippen MR) is 77.9 cm³/mol. The molecule has 2 aromatic rings. The molecule has 0 fully saturated rings. The molecule has 112 valence electrons. The fourth-order valence-electron chi connectivity index (χ4n) is 2.26. The topological polar surface area (TPSA) is 80.9 Å². The van der Waals surface area contributed by atoms with Crippen molar-refractivity contribution >= 4 is 5.97 Å². The third-order valence-corrected chi connectivity index (χ3v) is 3.51. The lowest BCUT2D eigenvalue weighted by Crippen LogP contribution is -2.22. The average molecular weight is 288 g/mol. The van der Waals surface area contributed by atoms with Crippen molar-refractivity contribution in [2.75, 3.05) is 0 Å². The molecule has 0 aliphatic heterocycles. The molecule has 0 spiro atoms. The van der Waals surface area contributed by atoms with Crippen molar-refractivity contribution in [2.24, 2.45) is 5.92 Å². The number of tetrazole rings is 1. The number of carbonyl (C=O) groups is 1. The third-order valence-electron chi connectivity index (χ3n) is 3.51. The van der Waals surface area contributed by atoms with Gasteiger partial charge in [-0.15, -0.1) is 5.10 Å². The van der Waals surface area contributed by atoms with Crippen molar-refractivity contribution in [3.63, 3.8) is 0 Å². The highest BCUT2D eigenvalue weighted by Crippen LogP contribution is 2.22. The van der Waals surface area contributed by atoms with Crippen LogP contribution in [-0.2, 0) is 11.2 Å². The molecule has 0 bridgehead atoms. The number of carboxylic acids is 1. The van der Waals surface area contributed by atoms with E-state index in [-0.39, 0.29) is 18.4 Å². The van der Waals surface area contributed by atoms with E-state index in [0.717, 1.165) is 5.56 Å². The zero-order valence-corrected chi connectivity index (χ0v) is 12.5. The Morgan fingerprint density at radius 1 is 1.29 bits per heavy atom. The van der Waals surface area contributed by atoms with E-state index >= 15 is 0 Å². The van der Waals surface area contributed by atoms with Crippen LogP contribution in [0.3, 0.4) is 0 Å². The van der Waals surface area contributed by atoms with Crippen LogP contribution in [0.15, 0.2) is 24.3 Å². The molecule has 1 N–H and O–H groups in total. The number of aliphatic carboxylic acids is 1. The van der Waals surface area contributed by atoms with Gasteiger partial charge in [-0.25, -0.2) is 4.68 Å². The van der Waals surface area contributed by atoms with Crippen molar-refractivity contribution in [3.8, 4) is 0 Å². The largest absolute Gasteiger partial charge is 0.481 e. The second-order valence-electron chi connectivity index (χ2n) is 5.61. The first kappa shape index (κ1) is 15.2. The monoisotopic (exact) mass is 288 g/mol. The summed E-state index contributed by atoms with van der Waals surface area (Å²) in [6.07, 6.45) is 0.611. The quantitative estimate of drug-likeness (QED) is 0.881. The van der Waals surface area contributed by atoms with Crippen LogP contribution in [0, 0.1) is 12.8 Å². The average Bonchev–Trinajstić information content (AvgIpc) is 2.86. The molecule has 1 aromatic heterocycles. The highest BCUT2D eigenvalue weighted by Gasteiger charge is 2.23. The maximum atomic E-state index is 11.0. The van der Waals surface area contributed by atoms with E-state index in [9.17, 15) is 4.79 Å². The standard InChI is InChI=1S/C15H20N4O2/c1-10(2)13(9-15(20)21)19-14(16-17-18-19)8-12-6-4-11(3)5-7-12/h4-7,10,13H,8-9H2,1-3H3,(H,20,21). The van der Waals surface area contributed by atoms with Crippen LogP contribution in [0.1, 0.15) is 43.3 Å². The van der Waals surface area contributed by atoms with Crippen molar-refractivity contribution in [2.45, 2.75) is 39.7 Å². The minimum atomic E-state index is -0.842. The van der Waals surface area contributed by atoms with Crippen LogP contribution < -0.4 is 0 Å². The first-order chi connectivity index (χ1) is 9.97. The molecule has 1 aromatic carbocycles. The van der Waals surface area contributed by atoms with Crippen LogP contribution in [0.2, 0.25) is 0 Å². The second kappa shape index (κ2) is 6.47. The summed E-state index contributed by atoms with van der Waals surface area (Å²) in [6.45, 7) is 5.99. The Labute approximate surface area is 123 Å². The Morgan fingerprint density at radius 2 is 1.95 bits per heavy atom. The molecular weight excluding hydrogens is 268 g/mol. The molecule has 21 heavy (non-hydrogen) atoms. The number of carboxylic acid groups (broad SMARTS) is 1. The molecule has 0 amide bonds. The summed E-state index contributed by atoms with van der Waals surface area (Å²) in [5, 5.41) is 20.8. The lowest BCUT2D eigenvalue weighted by Gasteiger charge is -2.20. The molecule has 0 saturated heterocycles. The van der Waals surface area contributed by atoms with Gasteiger partial charge >= 0.3 is 5.97 Å². The van der Waals surface area contributed by atoms with E-state index in [4.69, 9.17) is 5.11 Å². The number of aromatic nitrogens is 4. The lowest BCUT2D eigenvalue weighted by molar-refractivity contribution is -0.138. The highest BCUT2D eigenvalue weighted by molar-refractivity contribution is 5.67. The van der Waals surface area contributed by atoms with Gasteiger partial charge in [0.25, 0.3) is 0 Å². The van der Waals surface area contributed by atoms with Crippen LogP contribution in [0.25, 0.3) is 0 Å². The van der Waals surface area contributed by atoms with E-state index in [1.807, 2.05) is 45.0 Å². The summed E-state index contributed by atoms with van der Waals surface area (Å²) in [7, 11) is 0. The Balaban J connectivity index is 2.24. The Bertz CT molecular complexity index is 604. The summed E-state index contributed by atoms with van der Waals surface area (Å²) in [5.74, 6) is -0.00865. The maximum Gasteiger partial charge on any atom is 0.305 e. The Kier molecular flexibility index (Phi) is 4.67. The molecule has 1 atom stereocenters.